The number of anilines is 1. The summed E-state index contributed by atoms with van der Waals surface area (Å²) in [6.07, 6.45) is -0.791. The minimum atomic E-state index is -0.791. The summed E-state index contributed by atoms with van der Waals surface area (Å²) in [7, 11) is 0. The molecule has 30 heavy (non-hydrogen) atoms. The second kappa shape index (κ2) is 9.33. The highest BCUT2D eigenvalue weighted by Crippen LogP contribution is 2.27. The molecule has 4 nitrogen and oxygen atoms in total. The topological polar surface area (TPSA) is 55.4 Å². The van der Waals surface area contributed by atoms with E-state index in [2.05, 4.69) is 5.32 Å². The van der Waals surface area contributed by atoms with Crippen LogP contribution in [0.3, 0.4) is 0 Å². The molecule has 0 bridgehead atoms. The molecule has 0 heterocycles. The first-order valence-electron chi connectivity index (χ1n) is 9.40. The molecule has 1 atom stereocenters. The van der Waals surface area contributed by atoms with Crippen LogP contribution in [0.5, 0.6) is 5.75 Å². The molecule has 0 spiro atoms. The summed E-state index contributed by atoms with van der Waals surface area (Å²) in [5, 5.41) is 3.86. The molecule has 0 fully saturated rings. The monoisotopic (exact) mass is 441 g/mol. The molecule has 1 N–H and O–H groups in total. The van der Waals surface area contributed by atoms with Crippen molar-refractivity contribution in [2.45, 2.75) is 26.9 Å². The van der Waals surface area contributed by atoms with Crippen LogP contribution in [0.2, 0.25) is 10.0 Å². The Morgan fingerprint density at radius 1 is 0.933 bits per heavy atom. The number of carbonyl (C=O) groups is 2. The normalized spacial score (nSPS) is 11.6. The number of amides is 1. The molecule has 1 amide bonds. The molecule has 3 rings (SSSR count). The number of ether oxygens (including phenoxy) is 1. The number of carbonyl (C=O) groups excluding carboxylic acids is 2. The molecule has 3 aromatic rings. The first-order chi connectivity index (χ1) is 14.3. The third kappa shape index (κ3) is 5.02. The third-order valence-corrected chi connectivity index (χ3v) is 5.44. The highest BCUT2D eigenvalue weighted by atomic mass is 35.5. The fourth-order valence-electron chi connectivity index (χ4n) is 3.02. The van der Waals surface area contributed by atoms with Gasteiger partial charge in [-0.2, -0.15) is 0 Å². The van der Waals surface area contributed by atoms with E-state index in [0.717, 1.165) is 11.1 Å². The summed E-state index contributed by atoms with van der Waals surface area (Å²) < 4.78 is 5.79. The number of benzene rings is 3. The fraction of sp³-hybridized carbons (Fsp3) is 0.167. The second-order valence-electron chi connectivity index (χ2n) is 7.01. The molecular formula is C24H21Cl2NO3. The highest BCUT2D eigenvalue weighted by Gasteiger charge is 2.20. The van der Waals surface area contributed by atoms with Crippen LogP contribution in [0.25, 0.3) is 0 Å². The molecule has 0 saturated carbocycles. The van der Waals surface area contributed by atoms with Crippen molar-refractivity contribution in [3.8, 4) is 5.75 Å². The standard InChI is InChI=1S/C24H21Cl2NO3/c1-14-11-19(12-15(2)22(14)26)30-16(3)24(29)27-21-10-9-18(25)13-20(21)23(28)17-7-5-4-6-8-17/h4-13,16H,1-3H3,(H,27,29)/t16-/m1/s1. The lowest BCUT2D eigenvalue weighted by molar-refractivity contribution is -0.122. The van der Waals surface area contributed by atoms with Gasteiger partial charge in [0.1, 0.15) is 5.75 Å². The lowest BCUT2D eigenvalue weighted by Gasteiger charge is -2.17. The van der Waals surface area contributed by atoms with E-state index >= 15 is 0 Å². The van der Waals surface area contributed by atoms with Gasteiger partial charge < -0.3 is 10.1 Å². The SMILES string of the molecule is Cc1cc(O[C@H](C)C(=O)Nc2ccc(Cl)cc2C(=O)c2ccccc2)cc(C)c1Cl. The number of hydrogen-bond donors (Lipinski definition) is 1. The van der Waals surface area contributed by atoms with E-state index in [4.69, 9.17) is 27.9 Å². The van der Waals surface area contributed by atoms with Crippen LogP contribution in [-0.2, 0) is 4.79 Å². The van der Waals surface area contributed by atoms with Crippen LogP contribution in [0.15, 0.2) is 60.7 Å². The maximum atomic E-state index is 12.9. The highest BCUT2D eigenvalue weighted by molar-refractivity contribution is 6.32. The van der Waals surface area contributed by atoms with Gasteiger partial charge in [0.2, 0.25) is 0 Å². The number of nitrogens with one attached hydrogen (secondary N) is 1. The van der Waals surface area contributed by atoms with E-state index in [1.807, 2.05) is 19.9 Å². The lowest BCUT2D eigenvalue weighted by atomic mass is 10.0. The Morgan fingerprint density at radius 2 is 1.57 bits per heavy atom. The Balaban J connectivity index is 1.80. The van der Waals surface area contributed by atoms with Crippen LogP contribution in [-0.4, -0.2) is 17.8 Å². The predicted octanol–water partition coefficient (Wildman–Crippen LogP) is 6.25. The number of aryl methyl sites for hydroxylation is 2. The predicted molar refractivity (Wildman–Crippen MR) is 121 cm³/mol. The average molecular weight is 442 g/mol. The van der Waals surface area contributed by atoms with E-state index in [1.165, 1.54) is 0 Å². The molecule has 0 aliphatic carbocycles. The van der Waals surface area contributed by atoms with Gasteiger partial charge in [-0.25, -0.2) is 0 Å². The summed E-state index contributed by atoms with van der Waals surface area (Å²) >= 11 is 12.3. The largest absolute Gasteiger partial charge is 0.481 e. The van der Waals surface area contributed by atoms with Crippen molar-refractivity contribution < 1.29 is 14.3 Å². The number of halogens is 2. The summed E-state index contributed by atoms with van der Waals surface area (Å²) in [6, 6.07) is 17.2. The zero-order valence-corrected chi connectivity index (χ0v) is 18.3. The van der Waals surface area contributed by atoms with Crippen LogP contribution < -0.4 is 10.1 Å². The van der Waals surface area contributed by atoms with Crippen LogP contribution in [0.4, 0.5) is 5.69 Å². The molecule has 0 aliphatic heterocycles. The van der Waals surface area contributed by atoms with E-state index in [0.29, 0.717) is 32.6 Å². The van der Waals surface area contributed by atoms with Gasteiger partial charge in [0, 0.05) is 21.2 Å². The van der Waals surface area contributed by atoms with E-state index < -0.39 is 6.10 Å². The van der Waals surface area contributed by atoms with Crippen molar-refractivity contribution in [3.05, 3.63) is 93.0 Å². The molecule has 6 heteroatoms. The Bertz CT molecular complexity index is 1070. The minimum absolute atomic E-state index is 0.231. The summed E-state index contributed by atoms with van der Waals surface area (Å²) in [5.41, 5.74) is 2.93. The summed E-state index contributed by atoms with van der Waals surface area (Å²) in [6.45, 7) is 5.40. The molecule has 0 saturated heterocycles. The van der Waals surface area contributed by atoms with Gasteiger partial charge in [0.05, 0.1) is 5.69 Å². The van der Waals surface area contributed by atoms with Crippen molar-refractivity contribution in [2.75, 3.05) is 5.32 Å². The molecule has 0 unspecified atom stereocenters. The Labute approximate surface area is 185 Å². The third-order valence-electron chi connectivity index (χ3n) is 4.61. The molecule has 0 aliphatic rings. The van der Waals surface area contributed by atoms with Gasteiger partial charge in [-0.3, -0.25) is 9.59 Å². The summed E-state index contributed by atoms with van der Waals surface area (Å²) in [4.78, 5) is 25.7. The van der Waals surface area contributed by atoms with Crippen molar-refractivity contribution in [3.63, 3.8) is 0 Å². The first-order valence-corrected chi connectivity index (χ1v) is 10.2. The van der Waals surface area contributed by atoms with Crippen molar-refractivity contribution in [1.29, 1.82) is 0 Å². The van der Waals surface area contributed by atoms with Crippen molar-refractivity contribution in [2.24, 2.45) is 0 Å². The van der Waals surface area contributed by atoms with Crippen LogP contribution in [0, 0.1) is 13.8 Å². The number of ketones is 1. The van der Waals surface area contributed by atoms with Gasteiger partial charge in [0.15, 0.2) is 11.9 Å². The molecule has 0 aromatic heterocycles. The number of rotatable bonds is 6. The second-order valence-corrected chi connectivity index (χ2v) is 7.82. The van der Waals surface area contributed by atoms with Crippen LogP contribution >= 0.6 is 23.2 Å². The van der Waals surface area contributed by atoms with E-state index in [9.17, 15) is 9.59 Å². The molecular weight excluding hydrogens is 421 g/mol. The van der Waals surface area contributed by atoms with Gasteiger partial charge in [-0.05, 0) is 62.2 Å². The fourth-order valence-corrected chi connectivity index (χ4v) is 3.31. The zero-order chi connectivity index (χ0) is 21.8. The average Bonchev–Trinajstić information content (AvgIpc) is 2.73. The summed E-state index contributed by atoms with van der Waals surface area (Å²) in [5.74, 6) is -0.0654. The van der Waals surface area contributed by atoms with E-state index in [-0.39, 0.29) is 11.7 Å². The molecule has 0 radical (unpaired) electrons. The first kappa shape index (κ1) is 21.9. The Morgan fingerprint density at radius 3 is 2.20 bits per heavy atom. The van der Waals surface area contributed by atoms with E-state index in [1.54, 1.807) is 61.5 Å². The molecule has 3 aromatic carbocycles. The van der Waals surface area contributed by atoms with Gasteiger partial charge in [-0.1, -0.05) is 53.5 Å². The van der Waals surface area contributed by atoms with Crippen molar-refractivity contribution >= 4 is 40.6 Å². The number of hydrogen-bond acceptors (Lipinski definition) is 3. The lowest BCUT2D eigenvalue weighted by Crippen LogP contribution is -2.30. The van der Waals surface area contributed by atoms with Gasteiger partial charge in [0.25, 0.3) is 5.91 Å². The van der Waals surface area contributed by atoms with Crippen molar-refractivity contribution in [1.82, 2.24) is 0 Å². The quantitative estimate of drug-likeness (QED) is 0.460. The van der Waals surface area contributed by atoms with Gasteiger partial charge in [-0.15, -0.1) is 0 Å². The molecule has 154 valence electrons. The maximum absolute atomic E-state index is 12.9. The smallest absolute Gasteiger partial charge is 0.265 e. The zero-order valence-electron chi connectivity index (χ0n) is 16.8. The Hall–Kier alpha value is -2.82. The minimum Gasteiger partial charge on any atom is -0.481 e. The Kier molecular flexibility index (Phi) is 6.80. The van der Waals surface area contributed by atoms with Crippen LogP contribution in [0.1, 0.15) is 34.0 Å². The van der Waals surface area contributed by atoms with Gasteiger partial charge >= 0.3 is 0 Å². The maximum Gasteiger partial charge on any atom is 0.265 e.